The minimum absolute atomic E-state index is 1.22. The Labute approximate surface area is 90.4 Å². The summed E-state index contributed by atoms with van der Waals surface area (Å²) in [4.78, 5) is 1.34. The van der Waals surface area contributed by atoms with Crippen molar-refractivity contribution in [3.63, 3.8) is 0 Å². The van der Waals surface area contributed by atoms with Gasteiger partial charge in [-0.05, 0) is 34.5 Å². The van der Waals surface area contributed by atoms with Crippen molar-refractivity contribution in [2.45, 2.75) is 6.92 Å². The van der Waals surface area contributed by atoms with Crippen LogP contribution in [0.3, 0.4) is 0 Å². The maximum atomic E-state index is 3.57. The molecule has 0 amide bonds. The highest BCUT2D eigenvalue weighted by Gasteiger charge is 2.05. The molecule has 0 N–H and O–H groups in total. The summed E-state index contributed by atoms with van der Waals surface area (Å²) in [6, 6.07) is 12.6. The van der Waals surface area contributed by atoms with Crippen molar-refractivity contribution < 1.29 is 0 Å². The summed E-state index contributed by atoms with van der Waals surface area (Å²) in [6.45, 7) is 2.13. The van der Waals surface area contributed by atoms with Crippen LogP contribution in [-0.2, 0) is 0 Å². The molecular formula is C11H9BrS. The van der Waals surface area contributed by atoms with E-state index in [1.807, 2.05) is 6.07 Å². The topological polar surface area (TPSA) is 0 Å². The van der Waals surface area contributed by atoms with Crippen LogP contribution in [0.2, 0.25) is 0 Å². The Kier molecular flexibility index (Phi) is 2.51. The summed E-state index contributed by atoms with van der Waals surface area (Å²) in [5, 5.41) is 0. The van der Waals surface area contributed by atoms with Crippen LogP contribution in [0.15, 0.2) is 40.2 Å². The van der Waals surface area contributed by atoms with E-state index in [-0.39, 0.29) is 0 Å². The fraction of sp³-hybridized carbons (Fsp3) is 0.0909. The number of halogens is 1. The normalized spacial score (nSPS) is 10.3. The molecule has 2 aromatic rings. The fourth-order valence-electron chi connectivity index (χ4n) is 1.30. The second-order valence-corrected chi connectivity index (χ2v) is 5.48. The van der Waals surface area contributed by atoms with Crippen molar-refractivity contribution in [2.24, 2.45) is 0 Å². The SMILES string of the molecule is Cc1cc(-c2ccccc2)c(Br)s1. The standard InChI is InChI=1S/C11H9BrS/c1-8-7-10(11(12)13-8)9-5-3-2-4-6-9/h2-7H,1H3. The lowest BCUT2D eigenvalue weighted by Crippen LogP contribution is -1.71. The van der Waals surface area contributed by atoms with Gasteiger partial charge in [0.1, 0.15) is 0 Å². The van der Waals surface area contributed by atoms with E-state index in [1.165, 1.54) is 19.8 Å². The van der Waals surface area contributed by atoms with Gasteiger partial charge in [0.05, 0.1) is 3.79 Å². The molecule has 0 radical (unpaired) electrons. The van der Waals surface area contributed by atoms with Crippen LogP contribution >= 0.6 is 27.3 Å². The number of hydrogen-bond acceptors (Lipinski definition) is 1. The second kappa shape index (κ2) is 3.64. The number of rotatable bonds is 1. The summed E-state index contributed by atoms with van der Waals surface area (Å²) in [6.07, 6.45) is 0. The maximum Gasteiger partial charge on any atom is 0.0779 e. The van der Waals surface area contributed by atoms with Gasteiger partial charge < -0.3 is 0 Å². The first-order chi connectivity index (χ1) is 6.27. The summed E-state index contributed by atoms with van der Waals surface area (Å²) in [7, 11) is 0. The number of aryl methyl sites for hydroxylation is 1. The first-order valence-electron chi connectivity index (χ1n) is 4.09. The van der Waals surface area contributed by atoms with Crippen molar-refractivity contribution in [3.8, 4) is 11.1 Å². The first kappa shape index (κ1) is 8.97. The summed E-state index contributed by atoms with van der Waals surface area (Å²) < 4.78 is 1.22. The van der Waals surface area contributed by atoms with Gasteiger partial charge in [-0.3, -0.25) is 0 Å². The van der Waals surface area contributed by atoms with Gasteiger partial charge in [-0.2, -0.15) is 0 Å². The van der Waals surface area contributed by atoms with Crippen molar-refractivity contribution >= 4 is 27.3 Å². The molecule has 1 aromatic heterocycles. The highest BCUT2D eigenvalue weighted by Crippen LogP contribution is 2.35. The smallest absolute Gasteiger partial charge is 0.0779 e. The van der Waals surface area contributed by atoms with E-state index in [2.05, 4.69) is 53.2 Å². The highest BCUT2D eigenvalue weighted by atomic mass is 79.9. The molecule has 0 saturated heterocycles. The molecule has 1 heterocycles. The Hall–Kier alpha value is -0.600. The lowest BCUT2D eigenvalue weighted by molar-refractivity contribution is 1.61. The third-order valence-corrected chi connectivity index (χ3v) is 3.65. The zero-order valence-electron chi connectivity index (χ0n) is 7.25. The molecule has 0 aliphatic carbocycles. The Balaban J connectivity index is 2.53. The van der Waals surface area contributed by atoms with Gasteiger partial charge in [-0.25, -0.2) is 0 Å². The molecule has 0 aliphatic rings. The van der Waals surface area contributed by atoms with Gasteiger partial charge in [0, 0.05) is 10.4 Å². The van der Waals surface area contributed by atoms with Gasteiger partial charge in [0.2, 0.25) is 0 Å². The predicted molar refractivity (Wildman–Crippen MR) is 62.2 cm³/mol. The third kappa shape index (κ3) is 1.84. The van der Waals surface area contributed by atoms with E-state index in [4.69, 9.17) is 0 Å². The molecule has 0 saturated carbocycles. The van der Waals surface area contributed by atoms with Crippen LogP contribution in [-0.4, -0.2) is 0 Å². The van der Waals surface area contributed by atoms with E-state index < -0.39 is 0 Å². The van der Waals surface area contributed by atoms with Crippen molar-refractivity contribution in [2.75, 3.05) is 0 Å². The third-order valence-electron chi connectivity index (χ3n) is 1.89. The average Bonchev–Trinajstić information content (AvgIpc) is 2.47. The summed E-state index contributed by atoms with van der Waals surface area (Å²) >= 11 is 5.35. The Bertz CT molecular complexity index is 403. The van der Waals surface area contributed by atoms with Gasteiger partial charge in [0.25, 0.3) is 0 Å². The van der Waals surface area contributed by atoms with Crippen LogP contribution in [0.25, 0.3) is 11.1 Å². The monoisotopic (exact) mass is 252 g/mol. The molecule has 1 aromatic carbocycles. The van der Waals surface area contributed by atoms with E-state index in [0.717, 1.165) is 0 Å². The van der Waals surface area contributed by atoms with Gasteiger partial charge in [-0.1, -0.05) is 30.3 Å². The highest BCUT2D eigenvalue weighted by molar-refractivity contribution is 9.11. The van der Waals surface area contributed by atoms with E-state index in [0.29, 0.717) is 0 Å². The maximum absolute atomic E-state index is 3.57. The number of hydrogen-bond donors (Lipinski definition) is 0. The largest absolute Gasteiger partial charge is 0.133 e. The number of benzene rings is 1. The lowest BCUT2D eigenvalue weighted by atomic mass is 10.1. The van der Waals surface area contributed by atoms with E-state index in [1.54, 1.807) is 11.3 Å². The summed E-state index contributed by atoms with van der Waals surface area (Å²) in [5.41, 5.74) is 2.57. The van der Waals surface area contributed by atoms with Gasteiger partial charge >= 0.3 is 0 Å². The zero-order chi connectivity index (χ0) is 9.26. The quantitative estimate of drug-likeness (QED) is 0.702. The number of thiophene rings is 1. The molecule has 2 rings (SSSR count). The van der Waals surface area contributed by atoms with Crippen LogP contribution in [0, 0.1) is 6.92 Å². The molecule has 0 nitrogen and oxygen atoms in total. The zero-order valence-corrected chi connectivity index (χ0v) is 9.65. The molecule has 0 spiro atoms. The van der Waals surface area contributed by atoms with Gasteiger partial charge in [-0.15, -0.1) is 11.3 Å². The predicted octanol–water partition coefficient (Wildman–Crippen LogP) is 4.49. The Morgan fingerprint density at radius 3 is 2.38 bits per heavy atom. The molecule has 0 fully saturated rings. The van der Waals surface area contributed by atoms with Crippen molar-refractivity contribution in [1.29, 1.82) is 0 Å². The minimum atomic E-state index is 1.22. The van der Waals surface area contributed by atoms with Crippen LogP contribution in [0.1, 0.15) is 4.88 Å². The van der Waals surface area contributed by atoms with Crippen molar-refractivity contribution in [1.82, 2.24) is 0 Å². The van der Waals surface area contributed by atoms with E-state index >= 15 is 0 Å². The Morgan fingerprint density at radius 2 is 1.85 bits per heavy atom. The van der Waals surface area contributed by atoms with Crippen molar-refractivity contribution in [3.05, 3.63) is 45.1 Å². The second-order valence-electron chi connectivity index (χ2n) is 2.91. The molecular weight excluding hydrogens is 244 g/mol. The lowest BCUT2D eigenvalue weighted by Gasteiger charge is -1.96. The molecule has 2 heteroatoms. The molecule has 0 aliphatic heterocycles. The first-order valence-corrected chi connectivity index (χ1v) is 5.69. The molecule has 0 unspecified atom stereocenters. The molecule has 0 bridgehead atoms. The molecule has 66 valence electrons. The van der Waals surface area contributed by atoms with E-state index in [9.17, 15) is 0 Å². The van der Waals surface area contributed by atoms with Gasteiger partial charge in [0.15, 0.2) is 0 Å². The Morgan fingerprint density at radius 1 is 1.15 bits per heavy atom. The molecule has 0 atom stereocenters. The van der Waals surface area contributed by atoms with Crippen LogP contribution in [0.4, 0.5) is 0 Å². The molecule has 13 heavy (non-hydrogen) atoms. The average molecular weight is 253 g/mol. The summed E-state index contributed by atoms with van der Waals surface area (Å²) in [5.74, 6) is 0. The fourth-order valence-corrected chi connectivity index (χ4v) is 3.16. The van der Waals surface area contributed by atoms with Crippen LogP contribution in [0.5, 0.6) is 0 Å². The van der Waals surface area contributed by atoms with Crippen LogP contribution < -0.4 is 0 Å². The minimum Gasteiger partial charge on any atom is -0.133 e.